The van der Waals surface area contributed by atoms with Crippen molar-refractivity contribution in [2.24, 2.45) is 0 Å². The molecule has 3 atom stereocenters. The number of rotatable bonds is 2. The quantitative estimate of drug-likeness (QED) is 0.711. The summed E-state index contributed by atoms with van der Waals surface area (Å²) in [7, 11) is 4.46. The summed E-state index contributed by atoms with van der Waals surface area (Å²) in [5.41, 5.74) is 0. The number of likely N-dealkylation sites (N-methyl/N-ethyl adjacent to an activating group) is 2. The third-order valence-electron chi connectivity index (χ3n) is 5.10. The molecule has 0 radical (unpaired) electrons. The van der Waals surface area contributed by atoms with E-state index in [1.54, 1.807) is 0 Å². The summed E-state index contributed by atoms with van der Waals surface area (Å²) >= 11 is 0. The minimum atomic E-state index is 0.493. The van der Waals surface area contributed by atoms with Gasteiger partial charge in [-0.1, -0.05) is 0 Å². The Morgan fingerprint density at radius 3 is 2.44 bits per heavy atom. The molecule has 0 aromatic carbocycles. The van der Waals surface area contributed by atoms with Crippen molar-refractivity contribution in [3.05, 3.63) is 0 Å². The molecule has 0 saturated carbocycles. The second kappa shape index (κ2) is 4.91. The summed E-state index contributed by atoms with van der Waals surface area (Å²) in [6.45, 7) is 4.67. The van der Waals surface area contributed by atoms with E-state index < -0.39 is 0 Å². The van der Waals surface area contributed by atoms with E-state index >= 15 is 0 Å². The molecule has 0 amide bonds. The molecular weight excluding hydrogens is 226 g/mol. The van der Waals surface area contributed by atoms with Gasteiger partial charge in [0.1, 0.15) is 5.78 Å². The third-order valence-corrected chi connectivity index (χ3v) is 5.10. The highest BCUT2D eigenvalue weighted by Gasteiger charge is 2.41. The molecule has 0 aliphatic carbocycles. The predicted octanol–water partition coefficient (Wildman–Crippen LogP) is 0.428. The fraction of sp³-hybridized carbons (Fsp3) is 0.929. The number of Topliss-reactive ketones (excluding diaryl/α,β-unsaturated/α-hetero) is 1. The molecule has 102 valence electrons. The van der Waals surface area contributed by atoms with Gasteiger partial charge in [-0.25, -0.2) is 0 Å². The second-order valence-corrected chi connectivity index (χ2v) is 6.43. The standard InChI is InChI=1S/C14H25N3O/c1-15-5-6-16(2)13(9-15)10-17-11-3-4-12(17)8-14(18)7-11/h11-13H,3-10H2,1-2H3. The number of nitrogens with zero attached hydrogens (tertiary/aromatic N) is 3. The molecule has 0 N–H and O–H groups in total. The predicted molar refractivity (Wildman–Crippen MR) is 71.7 cm³/mol. The maximum atomic E-state index is 11.6. The van der Waals surface area contributed by atoms with E-state index in [4.69, 9.17) is 0 Å². The topological polar surface area (TPSA) is 26.8 Å². The summed E-state index contributed by atoms with van der Waals surface area (Å²) in [5.74, 6) is 0.493. The van der Waals surface area contributed by atoms with Crippen molar-refractivity contribution < 1.29 is 4.79 Å². The lowest BCUT2D eigenvalue weighted by Gasteiger charge is -2.43. The van der Waals surface area contributed by atoms with Gasteiger partial charge in [-0.2, -0.15) is 0 Å². The van der Waals surface area contributed by atoms with Gasteiger partial charge in [0.05, 0.1) is 0 Å². The molecule has 3 aliphatic rings. The Labute approximate surface area is 110 Å². The fourth-order valence-electron chi connectivity index (χ4n) is 3.90. The molecule has 3 aliphatic heterocycles. The van der Waals surface area contributed by atoms with Gasteiger partial charge >= 0.3 is 0 Å². The maximum absolute atomic E-state index is 11.6. The summed E-state index contributed by atoms with van der Waals surface area (Å²) in [6, 6.07) is 1.74. The Morgan fingerprint density at radius 2 is 1.78 bits per heavy atom. The van der Waals surface area contributed by atoms with E-state index in [1.807, 2.05) is 0 Å². The Bertz CT molecular complexity index is 317. The highest BCUT2D eigenvalue weighted by Crippen LogP contribution is 2.34. The summed E-state index contributed by atoms with van der Waals surface area (Å²) in [5, 5.41) is 0. The normalized spacial score (nSPS) is 39.4. The zero-order valence-electron chi connectivity index (χ0n) is 11.6. The second-order valence-electron chi connectivity index (χ2n) is 6.43. The van der Waals surface area contributed by atoms with Crippen LogP contribution in [0.3, 0.4) is 0 Å². The number of piperidine rings is 1. The van der Waals surface area contributed by atoms with Gasteiger partial charge in [-0.05, 0) is 26.9 Å². The molecule has 0 spiro atoms. The molecule has 3 fully saturated rings. The lowest BCUT2D eigenvalue weighted by Crippen LogP contribution is -2.57. The number of hydrogen-bond acceptors (Lipinski definition) is 4. The van der Waals surface area contributed by atoms with Crippen molar-refractivity contribution in [3.63, 3.8) is 0 Å². The van der Waals surface area contributed by atoms with Gasteiger partial charge < -0.3 is 4.90 Å². The van der Waals surface area contributed by atoms with Gasteiger partial charge in [0.25, 0.3) is 0 Å². The van der Waals surface area contributed by atoms with Crippen molar-refractivity contribution in [1.29, 1.82) is 0 Å². The molecule has 0 aromatic rings. The van der Waals surface area contributed by atoms with Gasteiger partial charge in [0, 0.05) is 57.1 Å². The van der Waals surface area contributed by atoms with Crippen LogP contribution in [0.4, 0.5) is 0 Å². The first-order valence-corrected chi connectivity index (χ1v) is 7.29. The highest BCUT2D eigenvalue weighted by atomic mass is 16.1. The zero-order valence-corrected chi connectivity index (χ0v) is 11.6. The molecule has 4 heteroatoms. The number of hydrogen-bond donors (Lipinski definition) is 0. The van der Waals surface area contributed by atoms with Crippen molar-refractivity contribution in [2.75, 3.05) is 40.3 Å². The molecule has 4 nitrogen and oxygen atoms in total. The Morgan fingerprint density at radius 1 is 1.11 bits per heavy atom. The average Bonchev–Trinajstić information content (AvgIpc) is 2.57. The lowest BCUT2D eigenvalue weighted by molar-refractivity contribution is -0.124. The third kappa shape index (κ3) is 2.33. The van der Waals surface area contributed by atoms with Gasteiger partial charge in [0.2, 0.25) is 0 Å². The fourth-order valence-corrected chi connectivity index (χ4v) is 3.90. The molecule has 18 heavy (non-hydrogen) atoms. The monoisotopic (exact) mass is 251 g/mol. The smallest absolute Gasteiger partial charge is 0.136 e. The van der Waals surface area contributed by atoms with E-state index in [-0.39, 0.29) is 0 Å². The zero-order chi connectivity index (χ0) is 12.7. The summed E-state index contributed by atoms with van der Waals surface area (Å²) in [4.78, 5) is 19.2. The number of ketones is 1. The molecule has 3 unspecified atom stereocenters. The van der Waals surface area contributed by atoms with Crippen LogP contribution in [-0.4, -0.2) is 78.9 Å². The van der Waals surface area contributed by atoms with E-state index in [0.717, 1.165) is 19.4 Å². The SMILES string of the molecule is CN1CCN(C)C(CN2C3CCC2CC(=O)C3)C1. The van der Waals surface area contributed by atoms with Crippen LogP contribution in [-0.2, 0) is 4.79 Å². The molecule has 3 saturated heterocycles. The van der Waals surface area contributed by atoms with Crippen LogP contribution in [0.15, 0.2) is 0 Å². The van der Waals surface area contributed by atoms with Gasteiger partial charge in [-0.15, -0.1) is 0 Å². The van der Waals surface area contributed by atoms with Crippen LogP contribution in [0.25, 0.3) is 0 Å². The molecular formula is C14H25N3O. The first kappa shape index (κ1) is 12.6. The van der Waals surface area contributed by atoms with Crippen LogP contribution in [0.1, 0.15) is 25.7 Å². The van der Waals surface area contributed by atoms with Crippen LogP contribution in [0.2, 0.25) is 0 Å². The van der Waals surface area contributed by atoms with Crippen LogP contribution < -0.4 is 0 Å². The van der Waals surface area contributed by atoms with Gasteiger partial charge in [-0.3, -0.25) is 14.6 Å². The van der Waals surface area contributed by atoms with Crippen LogP contribution in [0, 0.1) is 0 Å². The highest BCUT2D eigenvalue weighted by molar-refractivity contribution is 5.80. The molecule has 3 rings (SSSR count). The van der Waals surface area contributed by atoms with Crippen molar-refractivity contribution in [3.8, 4) is 0 Å². The lowest BCUT2D eigenvalue weighted by atomic mass is 10.00. The van der Waals surface area contributed by atoms with E-state index in [9.17, 15) is 4.79 Å². The van der Waals surface area contributed by atoms with E-state index in [1.165, 1.54) is 32.5 Å². The number of carbonyl (C=O) groups excluding carboxylic acids is 1. The Balaban J connectivity index is 1.64. The van der Waals surface area contributed by atoms with E-state index in [0.29, 0.717) is 23.9 Å². The van der Waals surface area contributed by atoms with Crippen molar-refractivity contribution >= 4 is 5.78 Å². The number of fused-ring (bicyclic) bond motifs is 2. The maximum Gasteiger partial charge on any atom is 0.136 e. The van der Waals surface area contributed by atoms with E-state index in [2.05, 4.69) is 28.8 Å². The summed E-state index contributed by atoms with van der Waals surface area (Å²) in [6.07, 6.45) is 4.09. The molecule has 2 bridgehead atoms. The van der Waals surface area contributed by atoms with Crippen LogP contribution in [0.5, 0.6) is 0 Å². The molecule has 3 heterocycles. The number of carbonyl (C=O) groups is 1. The van der Waals surface area contributed by atoms with Gasteiger partial charge in [0.15, 0.2) is 0 Å². The largest absolute Gasteiger partial charge is 0.303 e. The minimum absolute atomic E-state index is 0.493. The number of piperazine rings is 1. The van der Waals surface area contributed by atoms with Crippen molar-refractivity contribution in [2.45, 2.75) is 43.8 Å². The van der Waals surface area contributed by atoms with Crippen molar-refractivity contribution in [1.82, 2.24) is 14.7 Å². The average molecular weight is 251 g/mol. The summed E-state index contributed by atoms with van der Waals surface area (Å²) < 4.78 is 0. The Kier molecular flexibility index (Phi) is 3.43. The van der Waals surface area contributed by atoms with Crippen LogP contribution >= 0.6 is 0 Å². The minimum Gasteiger partial charge on any atom is -0.303 e. The first-order chi connectivity index (χ1) is 8.63. The Hall–Kier alpha value is -0.450. The molecule has 0 aromatic heterocycles. The first-order valence-electron chi connectivity index (χ1n) is 7.29.